The second-order valence-electron chi connectivity index (χ2n) is 4.35. The van der Waals surface area contributed by atoms with Crippen LogP contribution < -0.4 is 5.73 Å². The Morgan fingerprint density at radius 1 is 1.24 bits per heavy atom. The quantitative estimate of drug-likeness (QED) is 0.762. The Kier molecular flexibility index (Phi) is 4.40. The number of carboxylic acids is 1. The number of carboxylic acid groups (broad SMARTS) is 1. The highest BCUT2D eigenvalue weighted by atomic mass is 16.4. The molecule has 0 amide bonds. The number of nitrogens with two attached hydrogens (primary N) is 1. The average Bonchev–Trinajstić information content (AvgIpc) is 2.28. The van der Waals surface area contributed by atoms with E-state index in [9.17, 15) is 9.59 Å². The number of rotatable bonds is 5. The van der Waals surface area contributed by atoms with Crippen molar-refractivity contribution in [2.45, 2.75) is 32.2 Å². The van der Waals surface area contributed by atoms with Crippen molar-refractivity contribution >= 4 is 11.8 Å². The number of carbonyl (C=O) groups excluding carboxylic acids is 1. The van der Waals surface area contributed by atoms with Gasteiger partial charge in [0.25, 0.3) is 0 Å². The van der Waals surface area contributed by atoms with Crippen LogP contribution in [-0.2, 0) is 4.79 Å². The van der Waals surface area contributed by atoms with Gasteiger partial charge in [0, 0.05) is 12.0 Å². The molecule has 0 fully saturated rings. The van der Waals surface area contributed by atoms with Crippen LogP contribution in [0.5, 0.6) is 0 Å². The number of benzene rings is 1. The SMILES string of the molecule is CC(C)c1ccc(C(=O)CC(N)C(=O)O)cc1. The molecular formula is C13H17NO3. The van der Waals surface area contributed by atoms with E-state index in [0.717, 1.165) is 5.56 Å². The van der Waals surface area contributed by atoms with E-state index in [1.165, 1.54) is 0 Å². The molecule has 0 aliphatic heterocycles. The molecule has 1 aromatic rings. The molecule has 4 nitrogen and oxygen atoms in total. The Morgan fingerprint density at radius 2 is 1.76 bits per heavy atom. The lowest BCUT2D eigenvalue weighted by Crippen LogP contribution is -2.32. The molecular weight excluding hydrogens is 218 g/mol. The fourth-order valence-electron chi connectivity index (χ4n) is 1.46. The highest BCUT2D eigenvalue weighted by Gasteiger charge is 2.17. The van der Waals surface area contributed by atoms with E-state index < -0.39 is 12.0 Å². The molecule has 4 heteroatoms. The molecule has 0 spiro atoms. The zero-order valence-electron chi connectivity index (χ0n) is 10.0. The number of Topliss-reactive ketones (excluding diaryl/α,β-unsaturated/α-hetero) is 1. The van der Waals surface area contributed by atoms with Gasteiger partial charge in [-0.3, -0.25) is 9.59 Å². The standard InChI is InChI=1S/C13H17NO3/c1-8(2)9-3-5-10(6-4-9)12(15)7-11(14)13(16)17/h3-6,8,11H,7,14H2,1-2H3,(H,16,17). The fraction of sp³-hybridized carbons (Fsp3) is 0.385. The normalized spacial score (nSPS) is 12.5. The van der Waals surface area contributed by atoms with Crippen molar-refractivity contribution in [1.82, 2.24) is 0 Å². The molecule has 1 atom stereocenters. The van der Waals surface area contributed by atoms with Gasteiger partial charge >= 0.3 is 5.97 Å². The van der Waals surface area contributed by atoms with Crippen molar-refractivity contribution in [1.29, 1.82) is 0 Å². The van der Waals surface area contributed by atoms with Gasteiger partial charge < -0.3 is 10.8 Å². The Morgan fingerprint density at radius 3 is 2.18 bits per heavy atom. The van der Waals surface area contributed by atoms with Crippen molar-refractivity contribution in [2.24, 2.45) is 5.73 Å². The third-order valence-corrected chi connectivity index (χ3v) is 2.62. The van der Waals surface area contributed by atoms with Gasteiger partial charge in [-0.1, -0.05) is 38.1 Å². The van der Waals surface area contributed by atoms with E-state index in [2.05, 4.69) is 13.8 Å². The van der Waals surface area contributed by atoms with Crippen molar-refractivity contribution in [3.63, 3.8) is 0 Å². The molecule has 3 N–H and O–H groups in total. The summed E-state index contributed by atoms with van der Waals surface area (Å²) in [5.74, 6) is -0.993. The lowest BCUT2D eigenvalue weighted by atomic mass is 9.98. The van der Waals surface area contributed by atoms with Gasteiger partial charge in [-0.25, -0.2) is 0 Å². The molecule has 1 unspecified atom stereocenters. The molecule has 0 heterocycles. The molecule has 0 aromatic heterocycles. The first kappa shape index (κ1) is 13.4. The van der Waals surface area contributed by atoms with E-state index in [1.807, 2.05) is 12.1 Å². The first-order chi connectivity index (χ1) is 7.91. The summed E-state index contributed by atoms with van der Waals surface area (Å²) in [6.07, 6.45) is -0.170. The Labute approximate surface area is 100 Å². The minimum atomic E-state index is -1.16. The van der Waals surface area contributed by atoms with E-state index in [1.54, 1.807) is 12.1 Å². The molecule has 0 saturated carbocycles. The summed E-state index contributed by atoms with van der Waals surface area (Å²) in [5.41, 5.74) is 6.96. The molecule has 1 rings (SSSR count). The summed E-state index contributed by atoms with van der Waals surface area (Å²) in [5, 5.41) is 8.62. The number of ketones is 1. The molecule has 92 valence electrons. The van der Waals surface area contributed by atoms with Crippen LogP contribution in [0, 0.1) is 0 Å². The van der Waals surface area contributed by atoms with Crippen LogP contribution in [0.25, 0.3) is 0 Å². The first-order valence-electron chi connectivity index (χ1n) is 5.53. The topological polar surface area (TPSA) is 80.4 Å². The third-order valence-electron chi connectivity index (χ3n) is 2.62. The van der Waals surface area contributed by atoms with Gasteiger partial charge in [0.05, 0.1) is 0 Å². The second-order valence-corrected chi connectivity index (χ2v) is 4.35. The van der Waals surface area contributed by atoms with E-state index in [4.69, 9.17) is 10.8 Å². The van der Waals surface area contributed by atoms with Gasteiger partial charge in [-0.15, -0.1) is 0 Å². The van der Waals surface area contributed by atoms with Crippen molar-refractivity contribution in [2.75, 3.05) is 0 Å². The maximum absolute atomic E-state index is 11.7. The van der Waals surface area contributed by atoms with Gasteiger partial charge in [0.15, 0.2) is 5.78 Å². The van der Waals surface area contributed by atoms with Crippen LogP contribution in [-0.4, -0.2) is 22.9 Å². The number of hydrogen-bond donors (Lipinski definition) is 2. The summed E-state index contributed by atoms with van der Waals surface area (Å²) >= 11 is 0. The second kappa shape index (κ2) is 5.59. The highest BCUT2D eigenvalue weighted by Crippen LogP contribution is 2.15. The Bertz CT molecular complexity index is 409. The summed E-state index contributed by atoms with van der Waals surface area (Å²) in [6, 6.07) is 6.06. The fourth-order valence-corrected chi connectivity index (χ4v) is 1.46. The number of carbonyl (C=O) groups is 2. The summed E-state index contributed by atoms with van der Waals surface area (Å²) in [7, 11) is 0. The van der Waals surface area contributed by atoms with Crippen LogP contribution in [0.1, 0.15) is 42.1 Å². The molecule has 1 aromatic carbocycles. The largest absolute Gasteiger partial charge is 0.480 e. The lowest BCUT2D eigenvalue weighted by molar-refractivity contribution is -0.138. The van der Waals surface area contributed by atoms with Gasteiger partial charge in [-0.2, -0.15) is 0 Å². The maximum atomic E-state index is 11.7. The minimum absolute atomic E-state index is 0.170. The van der Waals surface area contributed by atoms with E-state index in [-0.39, 0.29) is 12.2 Å². The first-order valence-corrected chi connectivity index (χ1v) is 5.53. The molecule has 17 heavy (non-hydrogen) atoms. The smallest absolute Gasteiger partial charge is 0.320 e. The van der Waals surface area contributed by atoms with Gasteiger partial charge in [0.2, 0.25) is 0 Å². The van der Waals surface area contributed by atoms with Crippen LogP contribution in [0.4, 0.5) is 0 Å². The van der Waals surface area contributed by atoms with E-state index in [0.29, 0.717) is 11.5 Å². The van der Waals surface area contributed by atoms with Gasteiger partial charge in [0.1, 0.15) is 6.04 Å². The van der Waals surface area contributed by atoms with Crippen LogP contribution in [0.3, 0.4) is 0 Å². The van der Waals surface area contributed by atoms with Crippen molar-refractivity contribution < 1.29 is 14.7 Å². The molecule has 0 aliphatic rings. The van der Waals surface area contributed by atoms with Crippen LogP contribution >= 0.6 is 0 Å². The summed E-state index contributed by atoms with van der Waals surface area (Å²) in [4.78, 5) is 22.2. The lowest BCUT2D eigenvalue weighted by Gasteiger charge is -2.08. The Hall–Kier alpha value is -1.68. The van der Waals surface area contributed by atoms with Gasteiger partial charge in [-0.05, 0) is 11.5 Å². The van der Waals surface area contributed by atoms with Crippen molar-refractivity contribution in [3.8, 4) is 0 Å². The molecule has 0 bridgehead atoms. The van der Waals surface area contributed by atoms with Crippen LogP contribution in [0.2, 0.25) is 0 Å². The minimum Gasteiger partial charge on any atom is -0.480 e. The Balaban J connectivity index is 2.73. The maximum Gasteiger partial charge on any atom is 0.320 e. The average molecular weight is 235 g/mol. The third kappa shape index (κ3) is 3.67. The molecule has 0 saturated heterocycles. The van der Waals surface area contributed by atoms with Crippen molar-refractivity contribution in [3.05, 3.63) is 35.4 Å². The zero-order valence-corrected chi connectivity index (χ0v) is 10.0. The molecule has 0 radical (unpaired) electrons. The predicted octanol–water partition coefficient (Wildman–Crippen LogP) is 1.79. The summed E-state index contributed by atoms with van der Waals surface area (Å²) in [6.45, 7) is 4.13. The predicted molar refractivity (Wildman–Crippen MR) is 65.1 cm³/mol. The van der Waals surface area contributed by atoms with Crippen LogP contribution in [0.15, 0.2) is 24.3 Å². The zero-order chi connectivity index (χ0) is 13.0. The number of hydrogen-bond acceptors (Lipinski definition) is 3. The number of aliphatic carboxylic acids is 1. The van der Waals surface area contributed by atoms with E-state index >= 15 is 0 Å². The molecule has 0 aliphatic carbocycles. The summed E-state index contributed by atoms with van der Waals surface area (Å²) < 4.78 is 0. The highest BCUT2D eigenvalue weighted by molar-refractivity contribution is 5.98. The monoisotopic (exact) mass is 235 g/mol.